The molecule has 3 nitrogen and oxygen atoms in total. The largest absolute Gasteiger partial charge is 0.416 e. The van der Waals surface area contributed by atoms with E-state index in [0.717, 1.165) is 37.2 Å². The van der Waals surface area contributed by atoms with Crippen molar-refractivity contribution < 1.29 is 18.0 Å². The number of piperidine rings is 1. The van der Waals surface area contributed by atoms with Crippen LogP contribution in [0.5, 0.6) is 0 Å². The molecule has 0 spiro atoms. The van der Waals surface area contributed by atoms with Crippen molar-refractivity contribution in [1.29, 1.82) is 0 Å². The molecule has 1 unspecified atom stereocenters. The van der Waals surface area contributed by atoms with Crippen molar-refractivity contribution in [3.05, 3.63) is 29.8 Å². The van der Waals surface area contributed by atoms with Gasteiger partial charge in [-0.2, -0.15) is 13.2 Å². The lowest BCUT2D eigenvalue weighted by atomic mass is 10.1. The van der Waals surface area contributed by atoms with Crippen molar-refractivity contribution >= 4 is 5.69 Å². The van der Waals surface area contributed by atoms with Crippen molar-refractivity contribution in [3.8, 4) is 0 Å². The van der Waals surface area contributed by atoms with E-state index >= 15 is 0 Å². The minimum absolute atomic E-state index is 0.0546. The van der Waals surface area contributed by atoms with E-state index < -0.39 is 11.7 Å². The number of anilines is 1. The molecule has 0 bridgehead atoms. The highest BCUT2D eigenvalue weighted by molar-refractivity contribution is 5.48. The Kier molecular flexibility index (Phi) is 3.77. The average molecular weight is 260 g/mol. The Balaban J connectivity index is 2.09. The van der Waals surface area contributed by atoms with Crippen LogP contribution in [0.2, 0.25) is 0 Å². The zero-order valence-corrected chi connectivity index (χ0v) is 9.78. The fourth-order valence-electron chi connectivity index (χ4n) is 2.15. The Morgan fingerprint density at radius 2 is 1.89 bits per heavy atom. The molecule has 0 aliphatic carbocycles. The lowest BCUT2D eigenvalue weighted by Gasteiger charge is -2.33. The molecule has 1 aromatic carbocycles. The fraction of sp³-hybridized carbons (Fsp3) is 0.500. The summed E-state index contributed by atoms with van der Waals surface area (Å²) in [6, 6.07) is 5.17. The van der Waals surface area contributed by atoms with Gasteiger partial charge in [-0.25, -0.2) is 5.90 Å². The van der Waals surface area contributed by atoms with Gasteiger partial charge in [0, 0.05) is 18.8 Å². The van der Waals surface area contributed by atoms with Gasteiger partial charge in [0.2, 0.25) is 0 Å². The predicted octanol–water partition coefficient (Wildman–Crippen LogP) is 2.56. The first kappa shape index (κ1) is 13.2. The van der Waals surface area contributed by atoms with Crippen LogP contribution in [0.25, 0.3) is 0 Å². The van der Waals surface area contributed by atoms with Gasteiger partial charge >= 0.3 is 6.18 Å². The van der Waals surface area contributed by atoms with E-state index in [9.17, 15) is 13.2 Å². The van der Waals surface area contributed by atoms with Gasteiger partial charge in [0.05, 0.1) is 11.7 Å². The van der Waals surface area contributed by atoms with Crippen molar-refractivity contribution in [3.63, 3.8) is 0 Å². The third kappa shape index (κ3) is 2.94. The molecule has 1 aromatic rings. The summed E-state index contributed by atoms with van der Waals surface area (Å²) in [5.41, 5.74) is 0.139. The van der Waals surface area contributed by atoms with Crippen molar-refractivity contribution in [1.82, 2.24) is 0 Å². The summed E-state index contributed by atoms with van der Waals surface area (Å²) in [7, 11) is 0. The van der Waals surface area contributed by atoms with E-state index in [1.54, 1.807) is 0 Å². The zero-order valence-electron chi connectivity index (χ0n) is 9.78. The smallest absolute Gasteiger partial charge is 0.369 e. The van der Waals surface area contributed by atoms with Gasteiger partial charge in [0.15, 0.2) is 0 Å². The van der Waals surface area contributed by atoms with Gasteiger partial charge < -0.3 is 4.90 Å². The van der Waals surface area contributed by atoms with Crippen molar-refractivity contribution in [2.45, 2.75) is 25.1 Å². The second-order valence-electron chi connectivity index (χ2n) is 4.39. The van der Waals surface area contributed by atoms with Crippen molar-refractivity contribution in [2.75, 3.05) is 18.0 Å². The van der Waals surface area contributed by atoms with Crippen LogP contribution in [0.15, 0.2) is 24.3 Å². The van der Waals surface area contributed by atoms with Gasteiger partial charge in [0.25, 0.3) is 0 Å². The second-order valence-corrected chi connectivity index (χ2v) is 4.39. The third-order valence-corrected chi connectivity index (χ3v) is 3.13. The number of nitrogens with two attached hydrogens (primary N) is 1. The molecule has 1 aliphatic rings. The maximum atomic E-state index is 12.4. The quantitative estimate of drug-likeness (QED) is 0.830. The third-order valence-electron chi connectivity index (χ3n) is 3.13. The Morgan fingerprint density at radius 3 is 2.44 bits per heavy atom. The van der Waals surface area contributed by atoms with Crippen LogP contribution >= 0.6 is 0 Å². The number of alkyl halides is 3. The number of benzene rings is 1. The summed E-state index contributed by atoms with van der Waals surface area (Å²) < 4.78 is 37.3. The van der Waals surface area contributed by atoms with E-state index in [0.29, 0.717) is 6.54 Å². The maximum Gasteiger partial charge on any atom is 0.416 e. The van der Waals surface area contributed by atoms with Crippen LogP contribution in [-0.2, 0) is 11.0 Å². The van der Waals surface area contributed by atoms with Crippen LogP contribution in [0.3, 0.4) is 0 Å². The van der Waals surface area contributed by atoms with E-state index in [4.69, 9.17) is 10.7 Å². The maximum absolute atomic E-state index is 12.4. The fourth-order valence-corrected chi connectivity index (χ4v) is 2.15. The standard InChI is InChI=1S/C12H15F3N2O/c13-12(14,15)9-3-5-10(6-4-9)17-7-1-2-11(8-17)18-16/h3-6,11H,1-2,7-8,16H2. The first-order valence-electron chi connectivity index (χ1n) is 5.78. The molecule has 0 saturated carbocycles. The first-order chi connectivity index (χ1) is 8.50. The molecule has 0 aromatic heterocycles. The minimum atomic E-state index is -4.29. The summed E-state index contributed by atoms with van der Waals surface area (Å²) in [5.74, 6) is 5.15. The summed E-state index contributed by atoms with van der Waals surface area (Å²) in [5, 5.41) is 0. The van der Waals surface area contributed by atoms with E-state index in [1.165, 1.54) is 12.1 Å². The number of hydrogen-bond donors (Lipinski definition) is 1. The van der Waals surface area contributed by atoms with E-state index in [-0.39, 0.29) is 6.10 Å². The molecule has 1 fully saturated rings. The summed E-state index contributed by atoms with van der Waals surface area (Å²) in [6.07, 6.45) is -2.54. The first-order valence-corrected chi connectivity index (χ1v) is 5.78. The molecule has 1 aliphatic heterocycles. The highest BCUT2D eigenvalue weighted by atomic mass is 19.4. The number of hydrogen-bond acceptors (Lipinski definition) is 3. The molecule has 1 atom stereocenters. The molecule has 100 valence electrons. The van der Waals surface area contributed by atoms with Gasteiger partial charge in [-0.05, 0) is 37.1 Å². The Hall–Kier alpha value is -1.27. The molecule has 0 amide bonds. The molecule has 6 heteroatoms. The van der Waals surface area contributed by atoms with E-state index in [2.05, 4.69) is 0 Å². The molecule has 2 N–H and O–H groups in total. The molecule has 0 radical (unpaired) electrons. The van der Waals surface area contributed by atoms with Crippen LogP contribution < -0.4 is 10.8 Å². The molecule has 1 heterocycles. The lowest BCUT2D eigenvalue weighted by molar-refractivity contribution is -0.137. The second kappa shape index (κ2) is 5.16. The average Bonchev–Trinajstić information content (AvgIpc) is 2.38. The van der Waals surface area contributed by atoms with Gasteiger partial charge in [-0.15, -0.1) is 0 Å². The van der Waals surface area contributed by atoms with Crippen molar-refractivity contribution in [2.24, 2.45) is 5.90 Å². The predicted molar refractivity (Wildman–Crippen MR) is 62.0 cm³/mol. The molecule has 18 heavy (non-hydrogen) atoms. The minimum Gasteiger partial charge on any atom is -0.369 e. The van der Waals surface area contributed by atoms with Crippen LogP contribution in [0, 0.1) is 0 Å². The molecule has 2 rings (SSSR count). The summed E-state index contributed by atoms with van der Waals surface area (Å²) >= 11 is 0. The van der Waals surface area contributed by atoms with E-state index in [1.807, 2.05) is 4.90 Å². The summed E-state index contributed by atoms with van der Waals surface area (Å²) in [4.78, 5) is 6.79. The number of rotatable bonds is 2. The van der Waals surface area contributed by atoms with Gasteiger partial charge in [-0.1, -0.05) is 0 Å². The molecule has 1 saturated heterocycles. The van der Waals surface area contributed by atoms with Crippen LogP contribution in [0.1, 0.15) is 18.4 Å². The number of nitrogens with zero attached hydrogens (tertiary/aromatic N) is 1. The van der Waals surface area contributed by atoms with Crippen LogP contribution in [-0.4, -0.2) is 19.2 Å². The Morgan fingerprint density at radius 1 is 1.22 bits per heavy atom. The topological polar surface area (TPSA) is 38.5 Å². The summed E-state index contributed by atoms with van der Waals surface area (Å²) in [6.45, 7) is 1.42. The highest BCUT2D eigenvalue weighted by Crippen LogP contribution is 2.31. The zero-order chi connectivity index (χ0) is 13.2. The van der Waals surface area contributed by atoms with Gasteiger partial charge in [-0.3, -0.25) is 4.84 Å². The number of halogens is 3. The highest BCUT2D eigenvalue weighted by Gasteiger charge is 2.30. The van der Waals surface area contributed by atoms with Crippen LogP contribution in [0.4, 0.5) is 18.9 Å². The Labute approximate surface area is 103 Å². The lowest BCUT2D eigenvalue weighted by Crippen LogP contribution is -2.40. The monoisotopic (exact) mass is 260 g/mol. The molecular weight excluding hydrogens is 245 g/mol. The molecular formula is C12H15F3N2O. The van der Waals surface area contributed by atoms with Gasteiger partial charge in [0.1, 0.15) is 0 Å². The SMILES string of the molecule is NOC1CCCN(c2ccc(C(F)(F)F)cc2)C1. The Bertz CT molecular complexity index is 391. The normalized spacial score (nSPS) is 21.1.